The van der Waals surface area contributed by atoms with Crippen molar-refractivity contribution in [1.82, 2.24) is 9.78 Å². The van der Waals surface area contributed by atoms with Gasteiger partial charge in [-0.1, -0.05) is 5.11 Å². The van der Waals surface area contributed by atoms with Crippen LogP contribution < -0.4 is 0 Å². The first-order valence-electron chi connectivity index (χ1n) is 4.46. The van der Waals surface area contributed by atoms with Crippen molar-refractivity contribution >= 4 is 11.3 Å². The fourth-order valence-electron chi connectivity index (χ4n) is 1.26. The first-order valence-corrected chi connectivity index (χ1v) is 5.40. The Bertz CT molecular complexity index is 466. The van der Waals surface area contributed by atoms with Gasteiger partial charge in [-0.15, -0.1) is 0 Å². The van der Waals surface area contributed by atoms with Gasteiger partial charge in [0, 0.05) is 29.8 Å². The fraction of sp³-hybridized carbons (Fsp3) is 0.222. The number of rotatable bonds is 4. The van der Waals surface area contributed by atoms with E-state index in [1.165, 1.54) is 5.56 Å². The maximum Gasteiger partial charge on any atom is 0.0568 e. The van der Waals surface area contributed by atoms with Crippen molar-refractivity contribution in [3.8, 4) is 11.1 Å². The lowest BCUT2D eigenvalue weighted by atomic mass is 10.2. The number of aromatic nitrogens is 2. The Labute approximate surface area is 90.6 Å². The molecule has 0 aliphatic carbocycles. The molecule has 0 aromatic carbocycles. The van der Waals surface area contributed by atoms with Gasteiger partial charge in [0.05, 0.1) is 6.20 Å². The highest BCUT2D eigenvalue weighted by atomic mass is 32.1. The minimum atomic E-state index is 0.432. The minimum Gasteiger partial charge on any atom is -0.272 e. The Morgan fingerprint density at radius 3 is 3.20 bits per heavy atom. The summed E-state index contributed by atoms with van der Waals surface area (Å²) in [6, 6.07) is 2.06. The number of azide groups is 1. The number of thiophene rings is 1. The monoisotopic (exact) mass is 219 g/mol. The summed E-state index contributed by atoms with van der Waals surface area (Å²) in [6.07, 6.45) is 3.77. The average molecular weight is 219 g/mol. The van der Waals surface area contributed by atoms with E-state index in [1.807, 2.05) is 17.8 Å². The second-order valence-electron chi connectivity index (χ2n) is 2.96. The molecule has 0 amide bonds. The first kappa shape index (κ1) is 9.76. The van der Waals surface area contributed by atoms with Crippen LogP contribution in [0.1, 0.15) is 0 Å². The molecule has 15 heavy (non-hydrogen) atoms. The highest BCUT2D eigenvalue weighted by Crippen LogP contribution is 2.20. The lowest BCUT2D eigenvalue weighted by Gasteiger charge is -1.94. The molecule has 6 heteroatoms. The smallest absolute Gasteiger partial charge is 0.0568 e. The van der Waals surface area contributed by atoms with Crippen molar-refractivity contribution in [3.05, 3.63) is 39.7 Å². The first-order chi connectivity index (χ1) is 7.40. The molecule has 0 unspecified atom stereocenters. The molecule has 0 saturated carbocycles. The van der Waals surface area contributed by atoms with Gasteiger partial charge in [0.25, 0.3) is 0 Å². The molecular formula is C9H9N5S. The summed E-state index contributed by atoms with van der Waals surface area (Å²) >= 11 is 1.66. The van der Waals surface area contributed by atoms with E-state index in [9.17, 15) is 0 Å². The van der Waals surface area contributed by atoms with E-state index in [0.29, 0.717) is 13.1 Å². The van der Waals surface area contributed by atoms with Crippen LogP contribution in [0.25, 0.3) is 21.6 Å². The molecule has 5 nitrogen and oxygen atoms in total. The van der Waals surface area contributed by atoms with Gasteiger partial charge in [-0.3, -0.25) is 4.68 Å². The van der Waals surface area contributed by atoms with Crippen LogP contribution in [0, 0.1) is 0 Å². The van der Waals surface area contributed by atoms with Crippen LogP contribution in [-0.4, -0.2) is 16.3 Å². The molecule has 0 N–H and O–H groups in total. The van der Waals surface area contributed by atoms with Gasteiger partial charge in [-0.25, -0.2) is 0 Å². The van der Waals surface area contributed by atoms with Crippen molar-refractivity contribution in [2.24, 2.45) is 5.11 Å². The van der Waals surface area contributed by atoms with E-state index in [0.717, 1.165) is 5.56 Å². The topological polar surface area (TPSA) is 66.6 Å². The molecule has 0 spiro atoms. The van der Waals surface area contributed by atoms with Gasteiger partial charge in [-0.05, 0) is 27.9 Å². The van der Waals surface area contributed by atoms with Gasteiger partial charge in [0.15, 0.2) is 0 Å². The van der Waals surface area contributed by atoms with Gasteiger partial charge in [0.1, 0.15) is 0 Å². The lowest BCUT2D eigenvalue weighted by Crippen LogP contribution is -2.00. The molecule has 0 bridgehead atoms. The zero-order valence-corrected chi connectivity index (χ0v) is 8.76. The summed E-state index contributed by atoms with van der Waals surface area (Å²) in [5.41, 5.74) is 10.4. The molecule has 0 atom stereocenters. The van der Waals surface area contributed by atoms with Crippen LogP contribution >= 0.6 is 11.3 Å². The minimum absolute atomic E-state index is 0.432. The highest BCUT2D eigenvalue weighted by molar-refractivity contribution is 7.08. The molecule has 0 fully saturated rings. The molecule has 76 valence electrons. The summed E-state index contributed by atoms with van der Waals surface area (Å²) in [6.45, 7) is 1.05. The average Bonchev–Trinajstić information content (AvgIpc) is 2.87. The zero-order valence-electron chi connectivity index (χ0n) is 7.95. The Kier molecular flexibility index (Phi) is 3.02. The second-order valence-corrected chi connectivity index (χ2v) is 3.74. The molecule has 0 radical (unpaired) electrons. The zero-order chi connectivity index (χ0) is 10.5. The molecule has 0 aliphatic heterocycles. The largest absolute Gasteiger partial charge is 0.272 e. The Balaban J connectivity index is 2.07. The van der Waals surface area contributed by atoms with Crippen molar-refractivity contribution < 1.29 is 0 Å². The van der Waals surface area contributed by atoms with Crippen LogP contribution in [0.3, 0.4) is 0 Å². The van der Waals surface area contributed by atoms with Crippen molar-refractivity contribution in [1.29, 1.82) is 0 Å². The van der Waals surface area contributed by atoms with E-state index in [4.69, 9.17) is 5.53 Å². The molecule has 2 heterocycles. The van der Waals surface area contributed by atoms with E-state index in [2.05, 4.69) is 26.6 Å². The molecule has 2 rings (SSSR count). The molecule has 2 aromatic rings. The molecule has 0 aliphatic rings. The van der Waals surface area contributed by atoms with Crippen LogP contribution in [-0.2, 0) is 6.54 Å². The van der Waals surface area contributed by atoms with Gasteiger partial charge in [0.2, 0.25) is 0 Å². The quantitative estimate of drug-likeness (QED) is 0.443. The summed E-state index contributed by atoms with van der Waals surface area (Å²) in [4.78, 5) is 2.69. The predicted molar refractivity (Wildman–Crippen MR) is 59.6 cm³/mol. The third kappa shape index (κ3) is 2.37. The van der Waals surface area contributed by atoms with Crippen LogP contribution in [0.2, 0.25) is 0 Å². The van der Waals surface area contributed by atoms with E-state index in [1.54, 1.807) is 16.0 Å². The Hall–Kier alpha value is -1.78. The molecule has 2 aromatic heterocycles. The standard InChI is InChI=1S/C9H9N5S/c10-13-11-2-3-14-6-9(5-12-14)8-1-4-15-7-8/h1,4-7H,2-3H2. The van der Waals surface area contributed by atoms with Crippen molar-refractivity contribution in [3.63, 3.8) is 0 Å². The van der Waals surface area contributed by atoms with Gasteiger partial charge < -0.3 is 0 Å². The Morgan fingerprint density at radius 1 is 1.53 bits per heavy atom. The fourth-order valence-corrected chi connectivity index (χ4v) is 1.92. The van der Waals surface area contributed by atoms with E-state index >= 15 is 0 Å². The van der Waals surface area contributed by atoms with E-state index < -0.39 is 0 Å². The van der Waals surface area contributed by atoms with Crippen molar-refractivity contribution in [2.75, 3.05) is 6.54 Å². The number of nitrogens with zero attached hydrogens (tertiary/aromatic N) is 5. The normalized spacial score (nSPS) is 9.87. The molecule has 0 saturated heterocycles. The van der Waals surface area contributed by atoms with Crippen LogP contribution in [0.5, 0.6) is 0 Å². The summed E-state index contributed by atoms with van der Waals surface area (Å²) in [7, 11) is 0. The summed E-state index contributed by atoms with van der Waals surface area (Å²) in [5.74, 6) is 0. The van der Waals surface area contributed by atoms with Crippen LogP contribution in [0.4, 0.5) is 0 Å². The van der Waals surface area contributed by atoms with E-state index in [-0.39, 0.29) is 0 Å². The maximum atomic E-state index is 8.13. The summed E-state index contributed by atoms with van der Waals surface area (Å²) in [5, 5.41) is 11.8. The van der Waals surface area contributed by atoms with Crippen LogP contribution in [0.15, 0.2) is 34.3 Å². The maximum absolute atomic E-state index is 8.13. The van der Waals surface area contributed by atoms with Gasteiger partial charge >= 0.3 is 0 Å². The number of hydrogen-bond acceptors (Lipinski definition) is 3. The SMILES string of the molecule is [N-]=[N+]=NCCn1cc(-c2ccsc2)cn1. The highest BCUT2D eigenvalue weighted by Gasteiger charge is 2.00. The number of hydrogen-bond donors (Lipinski definition) is 0. The lowest BCUT2D eigenvalue weighted by molar-refractivity contribution is 0.624. The third-order valence-corrected chi connectivity index (χ3v) is 2.66. The predicted octanol–water partition coefficient (Wildman–Crippen LogP) is 2.92. The second kappa shape index (κ2) is 4.63. The van der Waals surface area contributed by atoms with Gasteiger partial charge in [-0.2, -0.15) is 16.4 Å². The third-order valence-electron chi connectivity index (χ3n) is 1.98. The molecular weight excluding hydrogens is 210 g/mol. The van der Waals surface area contributed by atoms with Crippen molar-refractivity contribution in [2.45, 2.75) is 6.54 Å². The summed E-state index contributed by atoms with van der Waals surface area (Å²) < 4.78 is 1.78. The Morgan fingerprint density at radius 2 is 2.47 bits per heavy atom.